The van der Waals surface area contributed by atoms with Crippen molar-refractivity contribution in [3.63, 3.8) is 0 Å². The molecular formula is C26H25NO5. The zero-order chi connectivity index (χ0) is 22.2. The number of esters is 1. The monoisotopic (exact) mass is 431 g/mol. The van der Waals surface area contributed by atoms with Gasteiger partial charge < -0.3 is 19.5 Å². The second-order valence-corrected chi connectivity index (χ2v) is 7.49. The van der Waals surface area contributed by atoms with Gasteiger partial charge in [0.25, 0.3) is 5.91 Å². The maximum absolute atomic E-state index is 13.0. The number of ether oxygens (including phenoxy) is 3. The predicted molar refractivity (Wildman–Crippen MR) is 120 cm³/mol. The number of nitrogens with one attached hydrogen (secondary N) is 1. The molecule has 3 aromatic carbocycles. The summed E-state index contributed by atoms with van der Waals surface area (Å²) in [4.78, 5) is 25.8. The van der Waals surface area contributed by atoms with Crippen LogP contribution in [0.25, 0.3) is 0 Å². The quantitative estimate of drug-likeness (QED) is 0.382. The van der Waals surface area contributed by atoms with E-state index in [0.29, 0.717) is 17.9 Å². The Labute approximate surface area is 187 Å². The number of hydrogen-bond donors (Lipinski definition) is 1. The lowest BCUT2D eigenvalue weighted by molar-refractivity contribution is -0.130. The van der Waals surface area contributed by atoms with Crippen molar-refractivity contribution in [1.82, 2.24) is 5.32 Å². The lowest BCUT2D eigenvalue weighted by atomic mass is 10.1. The Morgan fingerprint density at radius 1 is 0.812 bits per heavy atom. The van der Waals surface area contributed by atoms with E-state index in [4.69, 9.17) is 14.2 Å². The summed E-state index contributed by atoms with van der Waals surface area (Å²) in [5.41, 5.74) is 0.876. The summed E-state index contributed by atoms with van der Waals surface area (Å²) >= 11 is 0. The van der Waals surface area contributed by atoms with E-state index in [1.807, 2.05) is 48.5 Å². The van der Waals surface area contributed by atoms with Gasteiger partial charge >= 0.3 is 5.97 Å². The minimum atomic E-state index is -1.03. The molecule has 164 valence electrons. The van der Waals surface area contributed by atoms with E-state index in [9.17, 15) is 9.59 Å². The molecule has 1 atom stereocenters. The molecule has 0 radical (unpaired) electrons. The van der Waals surface area contributed by atoms with E-state index in [1.165, 1.54) is 0 Å². The Morgan fingerprint density at radius 3 is 2.16 bits per heavy atom. The highest BCUT2D eigenvalue weighted by Crippen LogP contribution is 2.26. The van der Waals surface area contributed by atoms with Gasteiger partial charge in [0.05, 0.1) is 0 Å². The summed E-state index contributed by atoms with van der Waals surface area (Å²) in [5.74, 6) is 0.186. The summed E-state index contributed by atoms with van der Waals surface area (Å²) in [6.07, 6.45) is 0.866. The molecule has 0 heterocycles. The molecule has 1 fully saturated rings. The van der Waals surface area contributed by atoms with Crippen molar-refractivity contribution < 1.29 is 23.8 Å². The molecule has 1 unspecified atom stereocenters. The summed E-state index contributed by atoms with van der Waals surface area (Å²) in [5, 5.41) is 2.92. The molecule has 1 N–H and O–H groups in total. The van der Waals surface area contributed by atoms with Crippen LogP contribution in [0, 0.1) is 0 Å². The van der Waals surface area contributed by atoms with Gasteiger partial charge in [-0.1, -0.05) is 60.7 Å². The number of hydrogen-bond acceptors (Lipinski definition) is 5. The summed E-state index contributed by atoms with van der Waals surface area (Å²) in [7, 11) is 0. The predicted octanol–water partition coefficient (Wildman–Crippen LogP) is 4.32. The van der Waals surface area contributed by atoms with Crippen molar-refractivity contribution in [3.8, 4) is 11.5 Å². The van der Waals surface area contributed by atoms with Gasteiger partial charge in [-0.25, -0.2) is 4.79 Å². The maximum Gasteiger partial charge on any atom is 0.343 e. The molecule has 1 amide bonds. The summed E-state index contributed by atoms with van der Waals surface area (Å²) in [6, 6.07) is 25.4. The van der Waals surface area contributed by atoms with Gasteiger partial charge in [0.15, 0.2) is 0 Å². The van der Waals surface area contributed by atoms with Crippen molar-refractivity contribution >= 4 is 11.9 Å². The smallest absolute Gasteiger partial charge is 0.343 e. The molecule has 1 aliphatic carbocycles. The summed E-state index contributed by atoms with van der Waals surface area (Å²) in [6.45, 7) is 0.577. The lowest BCUT2D eigenvalue weighted by Crippen LogP contribution is -2.33. The molecule has 6 nitrogen and oxygen atoms in total. The molecule has 32 heavy (non-hydrogen) atoms. The number of amides is 1. The van der Waals surface area contributed by atoms with E-state index in [-0.39, 0.29) is 24.1 Å². The number of carbonyl (C=O) groups is 2. The molecule has 6 heteroatoms. The average Bonchev–Trinajstić information content (AvgIpc) is 3.65. The van der Waals surface area contributed by atoms with E-state index in [2.05, 4.69) is 5.32 Å². The zero-order valence-electron chi connectivity index (χ0n) is 17.6. The molecule has 3 aromatic rings. The Balaban J connectivity index is 1.41. The minimum Gasteiger partial charge on any atom is -0.490 e. The highest BCUT2D eigenvalue weighted by molar-refractivity contribution is 5.95. The molecule has 0 aliphatic heterocycles. The van der Waals surface area contributed by atoms with Crippen LogP contribution in [0.4, 0.5) is 0 Å². The molecule has 0 saturated heterocycles. The normalized spacial score (nSPS) is 13.6. The van der Waals surface area contributed by atoms with Crippen LogP contribution in [0.1, 0.15) is 34.9 Å². The number of carbonyl (C=O) groups excluding carboxylic acids is 2. The molecule has 4 rings (SSSR count). The van der Waals surface area contributed by atoms with Crippen LogP contribution in [0.15, 0.2) is 84.9 Å². The molecule has 1 saturated carbocycles. The Hall–Kier alpha value is -3.80. The van der Waals surface area contributed by atoms with Crippen molar-refractivity contribution in [2.75, 3.05) is 13.2 Å². The number of para-hydroxylation sites is 2. The van der Waals surface area contributed by atoms with Gasteiger partial charge in [0.1, 0.15) is 30.3 Å². The van der Waals surface area contributed by atoms with Gasteiger partial charge in [-0.05, 0) is 37.1 Å². The number of rotatable bonds is 10. The van der Waals surface area contributed by atoms with Crippen molar-refractivity contribution in [2.24, 2.45) is 0 Å². The Kier molecular flexibility index (Phi) is 7.02. The van der Waals surface area contributed by atoms with Crippen LogP contribution in [0.3, 0.4) is 0 Å². The largest absolute Gasteiger partial charge is 0.490 e. The summed E-state index contributed by atoms with van der Waals surface area (Å²) < 4.78 is 17.1. The van der Waals surface area contributed by atoms with Crippen LogP contribution in [-0.4, -0.2) is 31.1 Å². The van der Waals surface area contributed by atoms with Crippen LogP contribution >= 0.6 is 0 Å². The number of benzene rings is 3. The standard InChI is InChI=1S/C26H25NO5/c28-25(27-20-15-16-20)24(19-9-3-1-4-10-19)32-26(29)22-13-7-8-14-23(22)31-18-17-30-21-11-5-2-6-12-21/h1-14,20,24H,15-18H2,(H,27,28). The fourth-order valence-corrected chi connectivity index (χ4v) is 3.16. The Morgan fingerprint density at radius 2 is 1.44 bits per heavy atom. The van der Waals surface area contributed by atoms with Gasteiger partial charge in [0.2, 0.25) is 6.10 Å². The van der Waals surface area contributed by atoms with Crippen molar-refractivity contribution in [3.05, 3.63) is 96.1 Å². The van der Waals surface area contributed by atoms with E-state index in [0.717, 1.165) is 18.6 Å². The second-order valence-electron chi connectivity index (χ2n) is 7.49. The van der Waals surface area contributed by atoms with Gasteiger partial charge in [-0.3, -0.25) is 4.79 Å². The van der Waals surface area contributed by atoms with Crippen molar-refractivity contribution in [1.29, 1.82) is 0 Å². The van der Waals surface area contributed by atoms with Crippen molar-refractivity contribution in [2.45, 2.75) is 25.0 Å². The molecular weight excluding hydrogens is 406 g/mol. The highest BCUT2D eigenvalue weighted by Gasteiger charge is 2.31. The first-order valence-corrected chi connectivity index (χ1v) is 10.7. The first-order valence-electron chi connectivity index (χ1n) is 10.7. The fourth-order valence-electron chi connectivity index (χ4n) is 3.16. The third-order valence-corrected chi connectivity index (χ3v) is 4.95. The molecule has 0 spiro atoms. The average molecular weight is 431 g/mol. The first kappa shape index (κ1) is 21.4. The van der Waals surface area contributed by atoms with Crippen LogP contribution in [-0.2, 0) is 9.53 Å². The fraction of sp³-hybridized carbons (Fsp3) is 0.231. The maximum atomic E-state index is 13.0. The van der Waals surface area contributed by atoms with E-state index in [1.54, 1.807) is 36.4 Å². The first-order chi connectivity index (χ1) is 15.7. The van der Waals surface area contributed by atoms with E-state index >= 15 is 0 Å². The second kappa shape index (κ2) is 10.5. The zero-order valence-corrected chi connectivity index (χ0v) is 17.6. The SMILES string of the molecule is O=C(OC(C(=O)NC1CC1)c1ccccc1)c1ccccc1OCCOc1ccccc1. The molecule has 0 aromatic heterocycles. The van der Waals surface area contributed by atoms with Crippen LogP contribution < -0.4 is 14.8 Å². The van der Waals surface area contributed by atoms with Gasteiger partial charge in [-0.2, -0.15) is 0 Å². The Bertz CT molecular complexity index is 1030. The third-order valence-electron chi connectivity index (χ3n) is 4.95. The van der Waals surface area contributed by atoms with E-state index < -0.39 is 12.1 Å². The third kappa shape index (κ3) is 5.88. The highest BCUT2D eigenvalue weighted by atomic mass is 16.6. The lowest BCUT2D eigenvalue weighted by Gasteiger charge is -2.19. The van der Waals surface area contributed by atoms with Gasteiger partial charge in [0, 0.05) is 11.6 Å². The molecule has 1 aliphatic rings. The van der Waals surface area contributed by atoms with Crippen LogP contribution in [0.2, 0.25) is 0 Å². The van der Waals surface area contributed by atoms with Crippen LogP contribution in [0.5, 0.6) is 11.5 Å². The minimum absolute atomic E-state index is 0.160. The van der Waals surface area contributed by atoms with Gasteiger partial charge in [-0.15, -0.1) is 0 Å². The topological polar surface area (TPSA) is 73.9 Å². The molecule has 0 bridgehead atoms.